The Balaban J connectivity index is 1.32. The smallest absolute Gasteiger partial charge is 0.258 e. The molecule has 1 amide bonds. The summed E-state index contributed by atoms with van der Waals surface area (Å²) in [6.45, 7) is 5.24. The number of methoxy groups -OCH3 is 1. The molecule has 0 aliphatic carbocycles. The molecule has 2 fully saturated rings. The fourth-order valence-electron chi connectivity index (χ4n) is 5.66. The number of carbonyl (C=O) groups excluding carboxylic acids is 1. The zero-order valence-electron chi connectivity index (χ0n) is 24.8. The van der Waals surface area contributed by atoms with Crippen molar-refractivity contribution in [2.24, 2.45) is 0 Å². The van der Waals surface area contributed by atoms with Crippen molar-refractivity contribution in [3.63, 3.8) is 0 Å². The lowest BCUT2D eigenvalue weighted by Crippen LogP contribution is -2.46. The first-order valence-electron chi connectivity index (χ1n) is 14.5. The highest BCUT2D eigenvalue weighted by Crippen LogP contribution is 2.39. The van der Waals surface area contributed by atoms with Gasteiger partial charge in [-0.2, -0.15) is 5.26 Å². The summed E-state index contributed by atoms with van der Waals surface area (Å²) >= 11 is 0. The van der Waals surface area contributed by atoms with Gasteiger partial charge in [0, 0.05) is 36.2 Å². The van der Waals surface area contributed by atoms with Crippen LogP contribution in [0.25, 0.3) is 33.6 Å². The third-order valence-corrected chi connectivity index (χ3v) is 7.96. The molecular formula is C34H33N3O7. The monoisotopic (exact) mass is 595 g/mol. The normalized spacial score (nSPS) is 18.6. The standard InChI is InChI=1S/C34H33N3O7/c1-20-18-42-19-29(21(2)38)37(20)34(39)23-4-6-27(31(15-23)40-3)32-16-28-33(44-32)26(8-11-36-28)22-5-7-30(24(14-22)17-35)43-25-9-12-41-13-10-25/h4-8,11,14-16,20,25,38H,9-10,12-13,18-19H2,1-3H3/b29-21+. The van der Waals surface area contributed by atoms with E-state index >= 15 is 0 Å². The van der Waals surface area contributed by atoms with Crippen molar-refractivity contribution in [1.29, 1.82) is 5.26 Å². The molecule has 2 aromatic carbocycles. The molecule has 0 saturated carbocycles. The highest BCUT2D eigenvalue weighted by molar-refractivity contribution is 5.98. The first-order chi connectivity index (χ1) is 21.4. The molecule has 10 heteroatoms. The number of rotatable bonds is 6. The van der Waals surface area contributed by atoms with Crippen LogP contribution in [0.4, 0.5) is 0 Å². The molecule has 2 aliphatic rings. The number of morpholine rings is 1. The fourth-order valence-corrected chi connectivity index (χ4v) is 5.66. The number of allylic oxidation sites excluding steroid dienone is 1. The van der Waals surface area contributed by atoms with E-state index in [-0.39, 0.29) is 30.4 Å². The Morgan fingerprint density at radius 2 is 1.89 bits per heavy atom. The number of benzene rings is 2. The number of carbonyl (C=O) groups is 1. The second-order valence-corrected chi connectivity index (χ2v) is 10.9. The number of aliphatic hydroxyl groups is 1. The number of fused-ring (bicyclic) bond motifs is 1. The number of pyridine rings is 1. The second kappa shape index (κ2) is 12.4. The van der Waals surface area contributed by atoms with Crippen molar-refractivity contribution < 1.29 is 33.3 Å². The summed E-state index contributed by atoms with van der Waals surface area (Å²) in [6.07, 6.45) is 3.30. The van der Waals surface area contributed by atoms with Crippen molar-refractivity contribution >= 4 is 17.0 Å². The van der Waals surface area contributed by atoms with Gasteiger partial charge in [-0.3, -0.25) is 9.78 Å². The molecule has 0 bridgehead atoms. The predicted molar refractivity (Wildman–Crippen MR) is 162 cm³/mol. The molecule has 0 radical (unpaired) electrons. The van der Waals surface area contributed by atoms with Crippen LogP contribution in [0.3, 0.4) is 0 Å². The van der Waals surface area contributed by atoms with E-state index in [1.165, 1.54) is 7.11 Å². The minimum absolute atomic E-state index is 0.0215. The minimum atomic E-state index is -0.264. The maximum atomic E-state index is 13.6. The summed E-state index contributed by atoms with van der Waals surface area (Å²) in [5.74, 6) is 1.30. The van der Waals surface area contributed by atoms with Crippen molar-refractivity contribution in [2.75, 3.05) is 33.5 Å². The van der Waals surface area contributed by atoms with Crippen LogP contribution in [0.2, 0.25) is 0 Å². The summed E-state index contributed by atoms with van der Waals surface area (Å²) in [5.41, 5.74) is 4.70. The lowest BCUT2D eigenvalue weighted by atomic mass is 10.0. The van der Waals surface area contributed by atoms with Gasteiger partial charge in [-0.1, -0.05) is 6.07 Å². The Labute approximate surface area is 255 Å². The van der Waals surface area contributed by atoms with Gasteiger partial charge in [0.05, 0.1) is 56.4 Å². The van der Waals surface area contributed by atoms with E-state index in [1.807, 2.05) is 31.2 Å². The molecule has 4 heterocycles. The van der Waals surface area contributed by atoms with Gasteiger partial charge in [0.2, 0.25) is 0 Å². The quantitative estimate of drug-likeness (QED) is 0.257. The zero-order chi connectivity index (χ0) is 30.8. The largest absolute Gasteiger partial charge is 0.511 e. The third kappa shape index (κ3) is 5.60. The van der Waals surface area contributed by atoms with E-state index in [4.69, 9.17) is 23.4 Å². The maximum Gasteiger partial charge on any atom is 0.258 e. The van der Waals surface area contributed by atoms with Crippen LogP contribution < -0.4 is 9.47 Å². The molecule has 6 rings (SSSR count). The predicted octanol–water partition coefficient (Wildman–Crippen LogP) is 6.25. The van der Waals surface area contributed by atoms with E-state index in [9.17, 15) is 15.2 Å². The van der Waals surface area contributed by atoms with Crippen molar-refractivity contribution in [1.82, 2.24) is 9.88 Å². The number of nitriles is 1. The number of aliphatic hydroxyl groups excluding tert-OH is 1. The number of hydrogen-bond acceptors (Lipinski definition) is 9. The summed E-state index contributed by atoms with van der Waals surface area (Å²) < 4.78 is 29.1. The first-order valence-corrected chi connectivity index (χ1v) is 14.5. The van der Waals surface area contributed by atoms with Crippen molar-refractivity contribution in [3.05, 3.63) is 77.3 Å². The van der Waals surface area contributed by atoms with Gasteiger partial charge < -0.3 is 33.4 Å². The van der Waals surface area contributed by atoms with Gasteiger partial charge in [0.1, 0.15) is 40.7 Å². The number of ether oxygens (including phenoxy) is 4. The van der Waals surface area contributed by atoms with Crippen LogP contribution in [0.15, 0.2) is 70.6 Å². The van der Waals surface area contributed by atoms with Gasteiger partial charge in [0.15, 0.2) is 5.58 Å². The van der Waals surface area contributed by atoms with Crippen molar-refractivity contribution in [3.8, 4) is 40.0 Å². The first kappa shape index (κ1) is 29.2. The number of amides is 1. The molecular weight excluding hydrogens is 562 g/mol. The molecule has 44 heavy (non-hydrogen) atoms. The number of furan rings is 1. The lowest BCUT2D eigenvalue weighted by Gasteiger charge is -2.35. The number of aromatic nitrogens is 1. The van der Waals surface area contributed by atoms with Crippen LogP contribution in [0.5, 0.6) is 11.5 Å². The summed E-state index contributed by atoms with van der Waals surface area (Å²) in [6, 6.07) is 16.4. The Bertz CT molecular complexity index is 1780. The van der Waals surface area contributed by atoms with Crippen LogP contribution in [-0.4, -0.2) is 66.6 Å². The van der Waals surface area contributed by atoms with Gasteiger partial charge >= 0.3 is 0 Å². The fraction of sp³-hybridized carbons (Fsp3) is 0.324. The van der Waals surface area contributed by atoms with Crippen LogP contribution in [0.1, 0.15) is 42.6 Å². The lowest BCUT2D eigenvalue weighted by molar-refractivity contribution is 0.0246. The summed E-state index contributed by atoms with van der Waals surface area (Å²) in [4.78, 5) is 19.6. The van der Waals surface area contributed by atoms with E-state index in [0.717, 1.165) is 24.0 Å². The average Bonchev–Trinajstić information content (AvgIpc) is 3.49. The Kier molecular flexibility index (Phi) is 8.24. The van der Waals surface area contributed by atoms with Crippen molar-refractivity contribution in [2.45, 2.75) is 38.8 Å². The minimum Gasteiger partial charge on any atom is -0.511 e. The van der Waals surface area contributed by atoms with Gasteiger partial charge in [-0.05, 0) is 55.8 Å². The molecule has 2 saturated heterocycles. The zero-order valence-corrected chi connectivity index (χ0v) is 24.8. The van der Waals surface area contributed by atoms with Gasteiger partial charge in [-0.15, -0.1) is 0 Å². The Morgan fingerprint density at radius 3 is 2.64 bits per heavy atom. The Morgan fingerprint density at radius 1 is 1.07 bits per heavy atom. The molecule has 1 atom stereocenters. The molecule has 1 N–H and O–H groups in total. The highest BCUT2D eigenvalue weighted by Gasteiger charge is 2.31. The molecule has 0 spiro atoms. The van der Waals surface area contributed by atoms with E-state index in [1.54, 1.807) is 42.3 Å². The molecule has 1 unspecified atom stereocenters. The molecule has 2 aliphatic heterocycles. The maximum absolute atomic E-state index is 13.6. The van der Waals surface area contributed by atoms with E-state index in [0.29, 0.717) is 70.6 Å². The third-order valence-electron chi connectivity index (χ3n) is 7.96. The highest BCUT2D eigenvalue weighted by atomic mass is 16.5. The number of nitrogens with zero attached hydrogens (tertiary/aromatic N) is 3. The number of hydrogen-bond donors (Lipinski definition) is 1. The molecule has 10 nitrogen and oxygen atoms in total. The SMILES string of the molecule is COc1cc(C(=O)N2/C(=C(\C)O)COCC2C)ccc1-c1cc2nccc(-c3ccc(OC4CCOCC4)c(C#N)c3)c2o1. The average molecular weight is 596 g/mol. The van der Waals surface area contributed by atoms with Gasteiger partial charge in [0.25, 0.3) is 5.91 Å². The van der Waals surface area contributed by atoms with E-state index < -0.39 is 0 Å². The molecule has 2 aromatic heterocycles. The summed E-state index contributed by atoms with van der Waals surface area (Å²) in [5, 5.41) is 20.1. The Hall–Kier alpha value is -4.85. The molecule has 4 aromatic rings. The molecule has 226 valence electrons. The van der Waals surface area contributed by atoms with Crippen LogP contribution in [-0.2, 0) is 9.47 Å². The topological polar surface area (TPSA) is 127 Å². The van der Waals surface area contributed by atoms with Gasteiger partial charge in [-0.25, -0.2) is 0 Å². The second-order valence-electron chi connectivity index (χ2n) is 10.9. The van der Waals surface area contributed by atoms with Crippen LogP contribution in [0, 0.1) is 11.3 Å². The summed E-state index contributed by atoms with van der Waals surface area (Å²) in [7, 11) is 1.54. The van der Waals surface area contributed by atoms with E-state index in [2.05, 4.69) is 11.1 Å². The van der Waals surface area contributed by atoms with Crippen LogP contribution >= 0.6 is 0 Å².